The third-order valence-corrected chi connectivity index (χ3v) is 4.24. The molecule has 0 bridgehead atoms. The Hall–Kier alpha value is -2.37. The van der Waals surface area contributed by atoms with E-state index in [-0.39, 0.29) is 0 Å². The monoisotopic (exact) mass is 340 g/mol. The normalized spacial score (nSPS) is 10.5. The predicted molar refractivity (Wildman–Crippen MR) is 97.7 cm³/mol. The zero-order chi connectivity index (χ0) is 16.6. The van der Waals surface area contributed by atoms with Gasteiger partial charge in [0.2, 0.25) is 0 Å². The number of ether oxygens (including phenoxy) is 2. The number of rotatable bonds is 8. The lowest BCUT2D eigenvalue weighted by molar-refractivity contribution is 0.217. The summed E-state index contributed by atoms with van der Waals surface area (Å²) in [6.07, 6.45) is 0. The van der Waals surface area contributed by atoms with E-state index < -0.39 is 0 Å². The Labute approximate surface area is 146 Å². The summed E-state index contributed by atoms with van der Waals surface area (Å²) >= 11 is 1.67. The third kappa shape index (κ3) is 4.57. The summed E-state index contributed by atoms with van der Waals surface area (Å²) in [5, 5.41) is 6.28. The van der Waals surface area contributed by atoms with E-state index in [2.05, 4.69) is 15.7 Å². The van der Waals surface area contributed by atoms with Crippen molar-refractivity contribution in [3.63, 3.8) is 0 Å². The zero-order valence-electron chi connectivity index (χ0n) is 13.6. The molecule has 0 saturated carbocycles. The summed E-state index contributed by atoms with van der Waals surface area (Å²) in [7, 11) is 1.93. The van der Waals surface area contributed by atoms with Gasteiger partial charge in [-0.1, -0.05) is 18.2 Å². The second-order valence-electron chi connectivity index (χ2n) is 5.19. The molecule has 2 aromatic carbocycles. The molecule has 0 spiro atoms. The fraction of sp³-hybridized carbons (Fsp3) is 0.211. The van der Waals surface area contributed by atoms with Gasteiger partial charge < -0.3 is 14.8 Å². The first-order valence-corrected chi connectivity index (χ1v) is 8.73. The molecule has 5 heteroatoms. The molecule has 0 radical (unpaired) electrons. The topological polar surface area (TPSA) is 43.4 Å². The van der Waals surface area contributed by atoms with Crippen LogP contribution < -0.4 is 14.8 Å². The summed E-state index contributed by atoms with van der Waals surface area (Å²) in [5.74, 6) is 1.69. The molecule has 3 aromatic rings. The third-order valence-electron chi connectivity index (χ3n) is 3.39. The van der Waals surface area contributed by atoms with Gasteiger partial charge in [0.15, 0.2) is 0 Å². The number of benzene rings is 2. The Morgan fingerprint density at radius 3 is 2.25 bits per heavy atom. The summed E-state index contributed by atoms with van der Waals surface area (Å²) in [5.41, 5.74) is 2.10. The SMILES string of the molecule is CNCc1nc(-c2ccc(OCCOc3ccccc3)cc2)cs1. The second kappa shape index (κ2) is 8.47. The van der Waals surface area contributed by atoms with Crippen LogP contribution >= 0.6 is 11.3 Å². The summed E-state index contributed by atoms with van der Waals surface area (Å²) < 4.78 is 11.3. The molecule has 1 aromatic heterocycles. The average molecular weight is 340 g/mol. The highest BCUT2D eigenvalue weighted by atomic mass is 32.1. The Kier molecular flexibility index (Phi) is 5.82. The molecule has 0 aliphatic carbocycles. The van der Waals surface area contributed by atoms with Crippen molar-refractivity contribution in [2.24, 2.45) is 0 Å². The first-order chi connectivity index (χ1) is 11.8. The summed E-state index contributed by atoms with van der Waals surface area (Å²) in [6, 6.07) is 17.7. The van der Waals surface area contributed by atoms with E-state index in [1.165, 1.54) is 0 Å². The molecule has 4 nitrogen and oxygen atoms in total. The summed E-state index contributed by atoms with van der Waals surface area (Å²) in [4.78, 5) is 4.60. The first-order valence-electron chi connectivity index (χ1n) is 7.85. The highest BCUT2D eigenvalue weighted by molar-refractivity contribution is 7.09. The molecule has 1 N–H and O–H groups in total. The van der Waals surface area contributed by atoms with Crippen molar-refractivity contribution in [3.8, 4) is 22.8 Å². The van der Waals surface area contributed by atoms with Crippen LogP contribution in [0.4, 0.5) is 0 Å². The standard InChI is InChI=1S/C19H20N2O2S/c1-20-13-19-21-18(14-24-19)15-7-9-17(10-8-15)23-12-11-22-16-5-3-2-4-6-16/h2-10,14,20H,11-13H2,1H3. The lowest BCUT2D eigenvalue weighted by Crippen LogP contribution is -2.08. The minimum atomic E-state index is 0.511. The van der Waals surface area contributed by atoms with Crippen LogP contribution in [0.25, 0.3) is 11.3 Å². The maximum Gasteiger partial charge on any atom is 0.122 e. The number of hydrogen-bond donors (Lipinski definition) is 1. The Balaban J connectivity index is 1.49. The number of para-hydroxylation sites is 1. The first kappa shape index (κ1) is 16.5. The van der Waals surface area contributed by atoms with E-state index in [0.29, 0.717) is 13.2 Å². The predicted octanol–water partition coefficient (Wildman–Crippen LogP) is 3.99. The smallest absolute Gasteiger partial charge is 0.122 e. The second-order valence-corrected chi connectivity index (χ2v) is 6.13. The van der Waals surface area contributed by atoms with Gasteiger partial charge in [-0.3, -0.25) is 0 Å². The van der Waals surface area contributed by atoms with Crippen LogP contribution in [0.2, 0.25) is 0 Å². The van der Waals surface area contributed by atoms with E-state index in [9.17, 15) is 0 Å². The van der Waals surface area contributed by atoms with Crippen LogP contribution in [0.3, 0.4) is 0 Å². The van der Waals surface area contributed by atoms with Crippen molar-refractivity contribution in [2.75, 3.05) is 20.3 Å². The highest BCUT2D eigenvalue weighted by Gasteiger charge is 2.04. The molecular formula is C19H20N2O2S. The molecule has 0 aliphatic heterocycles. The molecule has 124 valence electrons. The largest absolute Gasteiger partial charge is 0.490 e. The Morgan fingerprint density at radius 2 is 1.58 bits per heavy atom. The van der Waals surface area contributed by atoms with Gasteiger partial charge in [-0.25, -0.2) is 4.98 Å². The van der Waals surface area contributed by atoms with Crippen LogP contribution in [0, 0.1) is 0 Å². The molecule has 1 heterocycles. The maximum absolute atomic E-state index is 5.71. The van der Waals surface area contributed by atoms with E-state index in [1.807, 2.05) is 61.6 Å². The van der Waals surface area contributed by atoms with Crippen LogP contribution in [0.15, 0.2) is 60.0 Å². The molecule has 0 fully saturated rings. The number of hydrogen-bond acceptors (Lipinski definition) is 5. The lowest BCUT2D eigenvalue weighted by atomic mass is 10.2. The van der Waals surface area contributed by atoms with Gasteiger partial charge in [0.25, 0.3) is 0 Å². The van der Waals surface area contributed by atoms with Gasteiger partial charge in [-0.2, -0.15) is 0 Å². The Bertz CT molecular complexity index is 742. The van der Waals surface area contributed by atoms with Gasteiger partial charge in [0.05, 0.1) is 5.69 Å². The van der Waals surface area contributed by atoms with Gasteiger partial charge >= 0.3 is 0 Å². The van der Waals surface area contributed by atoms with E-state index in [4.69, 9.17) is 9.47 Å². The minimum absolute atomic E-state index is 0.511. The zero-order valence-corrected chi connectivity index (χ0v) is 14.4. The highest BCUT2D eigenvalue weighted by Crippen LogP contribution is 2.24. The van der Waals surface area contributed by atoms with Crippen molar-refractivity contribution in [1.29, 1.82) is 0 Å². The molecule has 24 heavy (non-hydrogen) atoms. The molecule has 3 rings (SSSR count). The van der Waals surface area contributed by atoms with Crippen LogP contribution in [0.5, 0.6) is 11.5 Å². The van der Waals surface area contributed by atoms with Crippen molar-refractivity contribution in [1.82, 2.24) is 10.3 Å². The van der Waals surface area contributed by atoms with Gasteiger partial charge in [-0.15, -0.1) is 11.3 Å². The Morgan fingerprint density at radius 1 is 0.917 bits per heavy atom. The van der Waals surface area contributed by atoms with Crippen molar-refractivity contribution in [3.05, 3.63) is 65.0 Å². The van der Waals surface area contributed by atoms with E-state index in [1.54, 1.807) is 11.3 Å². The van der Waals surface area contributed by atoms with E-state index >= 15 is 0 Å². The lowest BCUT2D eigenvalue weighted by Gasteiger charge is -2.08. The number of aromatic nitrogens is 1. The fourth-order valence-electron chi connectivity index (χ4n) is 2.23. The van der Waals surface area contributed by atoms with Crippen LogP contribution in [0.1, 0.15) is 5.01 Å². The van der Waals surface area contributed by atoms with Crippen molar-refractivity contribution >= 4 is 11.3 Å². The van der Waals surface area contributed by atoms with Gasteiger partial charge in [-0.05, 0) is 43.4 Å². The quantitative estimate of drug-likeness (QED) is 0.630. The molecule has 0 amide bonds. The minimum Gasteiger partial charge on any atom is -0.490 e. The average Bonchev–Trinajstić information content (AvgIpc) is 3.09. The van der Waals surface area contributed by atoms with Gasteiger partial charge in [0, 0.05) is 17.5 Å². The number of nitrogens with zero attached hydrogens (tertiary/aromatic N) is 1. The maximum atomic E-state index is 5.71. The van der Waals surface area contributed by atoms with Crippen molar-refractivity contribution < 1.29 is 9.47 Å². The molecule has 0 atom stereocenters. The molecule has 0 unspecified atom stereocenters. The van der Waals surface area contributed by atoms with Crippen molar-refractivity contribution in [2.45, 2.75) is 6.54 Å². The number of thiazole rings is 1. The number of nitrogens with one attached hydrogen (secondary N) is 1. The summed E-state index contributed by atoms with van der Waals surface area (Å²) in [6.45, 7) is 1.83. The fourth-order valence-corrected chi connectivity index (χ4v) is 3.05. The molecular weight excluding hydrogens is 320 g/mol. The molecule has 0 saturated heterocycles. The van der Waals surface area contributed by atoms with Crippen LogP contribution in [-0.4, -0.2) is 25.2 Å². The van der Waals surface area contributed by atoms with Crippen LogP contribution in [-0.2, 0) is 6.54 Å². The van der Waals surface area contributed by atoms with Gasteiger partial charge in [0.1, 0.15) is 29.7 Å². The molecule has 0 aliphatic rings. The van der Waals surface area contributed by atoms with E-state index in [0.717, 1.165) is 34.3 Å².